The standard InChI is InChI=1S/C14H19NO4/c16-13(10-3-6-1-2-12(10)19-6)15-11-5-8(11)7-4-9(7)14(17)18/h6-12H,1-5H2,(H,15,16)(H,17,18)/t6-,7+,8-,9+,10+,11-,12+/m0/s1. The van der Waals surface area contributed by atoms with E-state index in [0.717, 1.165) is 32.1 Å². The van der Waals surface area contributed by atoms with Gasteiger partial charge in [0.2, 0.25) is 5.91 Å². The molecular weight excluding hydrogens is 246 g/mol. The monoisotopic (exact) mass is 265 g/mol. The van der Waals surface area contributed by atoms with Gasteiger partial charge in [0, 0.05) is 6.04 Å². The zero-order chi connectivity index (χ0) is 13.1. The van der Waals surface area contributed by atoms with Crippen LogP contribution < -0.4 is 5.32 Å². The number of carboxylic acids is 1. The van der Waals surface area contributed by atoms with Crippen molar-refractivity contribution < 1.29 is 19.4 Å². The molecule has 1 amide bonds. The first-order valence-electron chi connectivity index (χ1n) is 7.32. The highest BCUT2D eigenvalue weighted by atomic mass is 16.5. The first-order chi connectivity index (χ1) is 9.13. The van der Waals surface area contributed by atoms with Crippen molar-refractivity contribution in [1.29, 1.82) is 0 Å². The van der Waals surface area contributed by atoms with E-state index in [0.29, 0.717) is 17.9 Å². The van der Waals surface area contributed by atoms with Crippen LogP contribution in [0.3, 0.4) is 0 Å². The van der Waals surface area contributed by atoms with Crippen LogP contribution in [-0.4, -0.2) is 35.2 Å². The molecule has 4 aliphatic rings. The first kappa shape index (κ1) is 11.7. The summed E-state index contributed by atoms with van der Waals surface area (Å²) in [6.45, 7) is 0. The number of carboxylic acid groups (broad SMARTS) is 1. The van der Waals surface area contributed by atoms with Gasteiger partial charge in [0.05, 0.1) is 24.0 Å². The van der Waals surface area contributed by atoms with Gasteiger partial charge in [-0.05, 0) is 43.9 Å². The summed E-state index contributed by atoms with van der Waals surface area (Å²) in [7, 11) is 0. The van der Waals surface area contributed by atoms with Crippen LogP contribution in [0.4, 0.5) is 0 Å². The third kappa shape index (κ3) is 1.95. The molecule has 7 atom stereocenters. The summed E-state index contributed by atoms with van der Waals surface area (Å²) in [6.07, 6.45) is 5.18. The Labute approximate surface area is 111 Å². The Morgan fingerprint density at radius 3 is 2.47 bits per heavy atom. The molecular formula is C14H19NO4. The normalized spacial score (nSPS) is 50.0. The number of amides is 1. The molecule has 5 nitrogen and oxygen atoms in total. The topological polar surface area (TPSA) is 75.6 Å². The number of aliphatic carboxylic acids is 1. The van der Waals surface area contributed by atoms with Gasteiger partial charge in [0.25, 0.3) is 0 Å². The van der Waals surface area contributed by atoms with Crippen molar-refractivity contribution in [3.63, 3.8) is 0 Å². The maximum atomic E-state index is 12.2. The zero-order valence-corrected chi connectivity index (χ0v) is 10.7. The Morgan fingerprint density at radius 1 is 1.05 bits per heavy atom. The minimum atomic E-state index is -0.677. The highest BCUT2D eigenvalue weighted by molar-refractivity contribution is 5.80. The van der Waals surface area contributed by atoms with Gasteiger partial charge in [-0.15, -0.1) is 0 Å². The molecule has 0 aromatic rings. The fourth-order valence-electron chi connectivity index (χ4n) is 4.03. The summed E-state index contributed by atoms with van der Waals surface area (Å²) in [5.74, 6) is 0.0477. The maximum Gasteiger partial charge on any atom is 0.306 e. The lowest BCUT2D eigenvalue weighted by Crippen LogP contribution is -2.37. The smallest absolute Gasteiger partial charge is 0.306 e. The largest absolute Gasteiger partial charge is 0.481 e. The summed E-state index contributed by atoms with van der Waals surface area (Å²) >= 11 is 0. The number of fused-ring (bicyclic) bond motifs is 2. The maximum absolute atomic E-state index is 12.2. The molecule has 2 aliphatic carbocycles. The van der Waals surface area contributed by atoms with Crippen molar-refractivity contribution in [2.45, 2.75) is 50.4 Å². The Kier molecular flexibility index (Phi) is 2.43. The molecule has 5 heteroatoms. The number of hydrogen-bond acceptors (Lipinski definition) is 3. The number of nitrogens with one attached hydrogen (secondary N) is 1. The Hall–Kier alpha value is -1.10. The average Bonchev–Trinajstić information content (AvgIpc) is 3.24. The average molecular weight is 265 g/mol. The third-order valence-electron chi connectivity index (χ3n) is 5.32. The molecule has 0 radical (unpaired) electrons. The molecule has 0 spiro atoms. The van der Waals surface area contributed by atoms with Gasteiger partial charge in [-0.2, -0.15) is 0 Å². The predicted octanol–water partition coefficient (Wildman–Crippen LogP) is 0.779. The second kappa shape index (κ2) is 3.95. The lowest BCUT2D eigenvalue weighted by atomic mass is 9.88. The number of hydrogen-bond donors (Lipinski definition) is 2. The van der Waals surface area contributed by atoms with E-state index in [4.69, 9.17) is 9.84 Å². The fraction of sp³-hybridized carbons (Fsp3) is 0.857. The number of carbonyl (C=O) groups excluding carboxylic acids is 1. The van der Waals surface area contributed by atoms with E-state index in [9.17, 15) is 9.59 Å². The first-order valence-corrected chi connectivity index (χ1v) is 7.32. The third-order valence-corrected chi connectivity index (χ3v) is 5.32. The molecule has 2 heterocycles. The van der Waals surface area contributed by atoms with Crippen LogP contribution in [0.25, 0.3) is 0 Å². The molecule has 2 saturated carbocycles. The van der Waals surface area contributed by atoms with E-state index in [1.54, 1.807) is 0 Å². The summed E-state index contributed by atoms with van der Waals surface area (Å²) in [5.41, 5.74) is 0. The molecule has 0 aromatic carbocycles. The molecule has 0 aromatic heterocycles. The van der Waals surface area contributed by atoms with E-state index in [2.05, 4.69) is 5.32 Å². The second-order valence-corrected chi connectivity index (χ2v) is 6.58. The van der Waals surface area contributed by atoms with Gasteiger partial charge < -0.3 is 15.2 Å². The summed E-state index contributed by atoms with van der Waals surface area (Å²) in [4.78, 5) is 23.0. The molecule has 2 bridgehead atoms. The van der Waals surface area contributed by atoms with E-state index in [1.165, 1.54) is 0 Å². The summed E-state index contributed by atoms with van der Waals surface area (Å²) < 4.78 is 5.70. The van der Waals surface area contributed by atoms with Crippen molar-refractivity contribution in [3.05, 3.63) is 0 Å². The van der Waals surface area contributed by atoms with Crippen LogP contribution in [0.1, 0.15) is 32.1 Å². The van der Waals surface area contributed by atoms with Gasteiger partial charge in [-0.25, -0.2) is 0 Å². The van der Waals surface area contributed by atoms with Crippen LogP contribution in [-0.2, 0) is 14.3 Å². The van der Waals surface area contributed by atoms with Crippen LogP contribution >= 0.6 is 0 Å². The number of ether oxygens (including phenoxy) is 1. The van der Waals surface area contributed by atoms with E-state index < -0.39 is 5.97 Å². The molecule has 2 aliphatic heterocycles. The molecule has 4 fully saturated rings. The minimum Gasteiger partial charge on any atom is -0.481 e. The zero-order valence-electron chi connectivity index (χ0n) is 10.7. The molecule has 104 valence electrons. The summed E-state index contributed by atoms with van der Waals surface area (Å²) in [6, 6.07) is 0.223. The van der Waals surface area contributed by atoms with Crippen LogP contribution in [0.15, 0.2) is 0 Å². The quantitative estimate of drug-likeness (QED) is 0.787. The van der Waals surface area contributed by atoms with Crippen molar-refractivity contribution in [2.75, 3.05) is 0 Å². The Balaban J connectivity index is 1.28. The van der Waals surface area contributed by atoms with Gasteiger partial charge in [-0.3, -0.25) is 9.59 Å². The van der Waals surface area contributed by atoms with Crippen molar-refractivity contribution in [2.24, 2.45) is 23.7 Å². The summed E-state index contributed by atoms with van der Waals surface area (Å²) in [5, 5.41) is 12.0. The Morgan fingerprint density at radius 2 is 1.89 bits per heavy atom. The molecule has 0 unspecified atom stereocenters. The van der Waals surface area contributed by atoms with Crippen molar-refractivity contribution in [3.8, 4) is 0 Å². The lowest BCUT2D eigenvalue weighted by molar-refractivity contribution is -0.138. The van der Waals surface area contributed by atoms with Crippen LogP contribution in [0.5, 0.6) is 0 Å². The number of carbonyl (C=O) groups is 2. The lowest BCUT2D eigenvalue weighted by Gasteiger charge is -2.18. The second-order valence-electron chi connectivity index (χ2n) is 6.58. The van der Waals surface area contributed by atoms with Crippen molar-refractivity contribution >= 4 is 11.9 Å². The molecule has 2 N–H and O–H groups in total. The molecule has 2 saturated heterocycles. The molecule has 19 heavy (non-hydrogen) atoms. The highest BCUT2D eigenvalue weighted by Gasteiger charge is 2.57. The highest BCUT2D eigenvalue weighted by Crippen LogP contribution is 2.54. The predicted molar refractivity (Wildman–Crippen MR) is 65.3 cm³/mol. The van der Waals surface area contributed by atoms with Gasteiger partial charge in [0.1, 0.15) is 0 Å². The molecule has 4 rings (SSSR count). The minimum absolute atomic E-state index is 0.0365. The van der Waals surface area contributed by atoms with Crippen LogP contribution in [0, 0.1) is 23.7 Å². The Bertz CT molecular complexity index is 437. The van der Waals surface area contributed by atoms with E-state index in [1.807, 2.05) is 0 Å². The van der Waals surface area contributed by atoms with Gasteiger partial charge in [-0.1, -0.05) is 0 Å². The van der Waals surface area contributed by atoms with Crippen LogP contribution in [0.2, 0.25) is 0 Å². The van der Waals surface area contributed by atoms with Crippen molar-refractivity contribution in [1.82, 2.24) is 5.32 Å². The van der Waals surface area contributed by atoms with E-state index in [-0.39, 0.29) is 29.9 Å². The van der Waals surface area contributed by atoms with Gasteiger partial charge in [0.15, 0.2) is 0 Å². The van der Waals surface area contributed by atoms with E-state index >= 15 is 0 Å². The number of rotatable bonds is 4. The SMILES string of the molecule is O=C(O)[C@@H]1C[C@@H]1[C@@H]1C[C@@H]1NC(=O)[C@@H]1C[C@@H]2CC[C@H]1O2. The van der Waals surface area contributed by atoms with Gasteiger partial charge >= 0.3 is 5.97 Å². The fourth-order valence-corrected chi connectivity index (χ4v) is 4.03.